The molecule has 0 aliphatic carbocycles. The van der Waals surface area contributed by atoms with E-state index in [0.717, 1.165) is 5.69 Å². The number of anilines is 3. The zero-order valence-electron chi connectivity index (χ0n) is 29.2. The molecule has 4 aromatic carbocycles. The van der Waals surface area contributed by atoms with Gasteiger partial charge in [-0.1, -0.05) is 63.2 Å². The number of carbonyl (C=O) groups is 3. The van der Waals surface area contributed by atoms with Crippen LogP contribution in [0.3, 0.4) is 0 Å². The van der Waals surface area contributed by atoms with E-state index in [1.807, 2.05) is 25.1 Å². The summed E-state index contributed by atoms with van der Waals surface area (Å²) in [6.45, 7) is 9.86. The monoisotopic (exact) mass is 718 g/mol. The highest BCUT2D eigenvalue weighted by Crippen LogP contribution is 2.26. The first-order valence-corrected chi connectivity index (χ1v) is 17.5. The standard InChI is InChI=1S/C38H38N8O5S/c1-23-16-18-28(21-30(23)37(49)39-24(2)34-43-42-33-22-32(38(3,4)5)44-46(33)34)45-52(50)51-31-20-25(35(47)40-26-12-8-6-9-13-26)17-19-29(31)36(48)41-27-14-10-7-11-15-27/h6-22,24,44-45H,1-5H3,(H,39,49)(H,40,47)(H,41,48). The van der Waals surface area contributed by atoms with Crippen molar-refractivity contribution in [3.63, 3.8) is 0 Å². The second-order valence-electron chi connectivity index (χ2n) is 13.2. The van der Waals surface area contributed by atoms with Crippen molar-refractivity contribution in [1.29, 1.82) is 0 Å². The van der Waals surface area contributed by atoms with Crippen LogP contribution in [0.15, 0.2) is 103 Å². The van der Waals surface area contributed by atoms with E-state index in [0.29, 0.717) is 39.7 Å². The lowest BCUT2D eigenvalue weighted by molar-refractivity contribution is 0.0936. The number of rotatable bonds is 11. The smallest absolute Gasteiger partial charge is 0.316 e. The van der Waals surface area contributed by atoms with E-state index in [9.17, 15) is 18.6 Å². The van der Waals surface area contributed by atoms with Crippen LogP contribution in [0.4, 0.5) is 17.1 Å². The van der Waals surface area contributed by atoms with Gasteiger partial charge in [0.2, 0.25) is 0 Å². The number of aromatic nitrogens is 4. The van der Waals surface area contributed by atoms with Crippen molar-refractivity contribution in [2.75, 3.05) is 15.4 Å². The van der Waals surface area contributed by atoms with Crippen molar-refractivity contribution in [2.24, 2.45) is 0 Å². The number of benzene rings is 4. The van der Waals surface area contributed by atoms with E-state index >= 15 is 0 Å². The Morgan fingerprint density at radius 2 is 1.42 bits per heavy atom. The molecule has 0 aliphatic rings. The molecule has 2 unspecified atom stereocenters. The molecule has 0 bridgehead atoms. The molecule has 6 aromatic rings. The van der Waals surface area contributed by atoms with Gasteiger partial charge in [-0.05, 0) is 74.0 Å². The summed E-state index contributed by atoms with van der Waals surface area (Å²) < 4.78 is 23.7. The molecule has 2 atom stereocenters. The molecule has 2 heterocycles. The van der Waals surface area contributed by atoms with E-state index in [1.165, 1.54) is 18.2 Å². The largest absolute Gasteiger partial charge is 0.384 e. The summed E-state index contributed by atoms with van der Waals surface area (Å²) in [5, 5.41) is 20.4. The van der Waals surface area contributed by atoms with Crippen LogP contribution in [-0.2, 0) is 16.7 Å². The van der Waals surface area contributed by atoms with Gasteiger partial charge in [0, 0.05) is 39.7 Å². The molecule has 14 heteroatoms. The number of amides is 3. The van der Waals surface area contributed by atoms with Crippen LogP contribution in [0, 0.1) is 6.92 Å². The first-order chi connectivity index (χ1) is 24.9. The second-order valence-corrected chi connectivity index (χ2v) is 14.0. The number of carbonyl (C=O) groups excluding carboxylic acids is 3. The lowest BCUT2D eigenvalue weighted by Crippen LogP contribution is -2.29. The lowest BCUT2D eigenvalue weighted by Gasteiger charge is -2.16. The maximum absolute atomic E-state index is 13.5. The lowest BCUT2D eigenvalue weighted by atomic mass is 9.93. The number of para-hydroxylation sites is 2. The van der Waals surface area contributed by atoms with Gasteiger partial charge in [0.25, 0.3) is 17.7 Å². The van der Waals surface area contributed by atoms with Crippen LogP contribution in [-0.4, -0.2) is 41.7 Å². The Morgan fingerprint density at radius 3 is 2.08 bits per heavy atom. The SMILES string of the molecule is Cc1ccc(NS(=O)Oc2cc(C(=O)Nc3ccccc3)ccc2C(=O)Nc2ccccc2)cc1C(=O)NC(C)c1nnc2cc(C(C)(C)C)[nH]n12. The van der Waals surface area contributed by atoms with Crippen molar-refractivity contribution in [1.82, 2.24) is 25.1 Å². The molecule has 0 radical (unpaired) electrons. The van der Waals surface area contributed by atoms with Crippen molar-refractivity contribution >= 4 is 51.7 Å². The third-order valence-corrected chi connectivity index (χ3v) is 8.90. The fraction of sp³-hybridized carbons (Fsp3) is 0.184. The Morgan fingerprint density at radius 1 is 0.769 bits per heavy atom. The van der Waals surface area contributed by atoms with Crippen LogP contribution >= 0.6 is 0 Å². The van der Waals surface area contributed by atoms with Crippen LogP contribution in [0.1, 0.15) is 81.9 Å². The zero-order valence-corrected chi connectivity index (χ0v) is 30.0. The molecule has 5 N–H and O–H groups in total. The van der Waals surface area contributed by atoms with Crippen LogP contribution in [0.5, 0.6) is 5.75 Å². The highest BCUT2D eigenvalue weighted by atomic mass is 32.2. The normalized spacial score (nSPS) is 12.5. The van der Waals surface area contributed by atoms with Gasteiger partial charge in [0.15, 0.2) is 17.2 Å². The minimum absolute atomic E-state index is 0.0486. The van der Waals surface area contributed by atoms with E-state index in [2.05, 4.69) is 56.7 Å². The van der Waals surface area contributed by atoms with Gasteiger partial charge in [-0.2, -0.15) is 4.21 Å². The maximum atomic E-state index is 13.5. The van der Waals surface area contributed by atoms with Gasteiger partial charge in [0.05, 0.1) is 17.3 Å². The van der Waals surface area contributed by atoms with E-state index in [1.54, 1.807) is 78.2 Å². The Balaban J connectivity index is 1.19. The molecule has 0 fully saturated rings. The number of hydrogen-bond donors (Lipinski definition) is 5. The molecule has 0 saturated carbocycles. The van der Waals surface area contributed by atoms with Crippen LogP contribution < -0.4 is 24.9 Å². The van der Waals surface area contributed by atoms with Gasteiger partial charge in [-0.15, -0.1) is 10.2 Å². The number of fused-ring (bicyclic) bond motifs is 1. The zero-order chi connectivity index (χ0) is 37.0. The summed E-state index contributed by atoms with van der Waals surface area (Å²) in [6, 6.07) is 28.3. The topological polar surface area (TPSA) is 172 Å². The third-order valence-electron chi connectivity index (χ3n) is 8.16. The van der Waals surface area contributed by atoms with Gasteiger partial charge in [-0.3, -0.25) is 24.2 Å². The van der Waals surface area contributed by atoms with Crippen molar-refractivity contribution in [3.8, 4) is 5.75 Å². The number of aromatic amines is 1. The van der Waals surface area contributed by atoms with Gasteiger partial charge in [0.1, 0.15) is 0 Å². The summed E-state index contributed by atoms with van der Waals surface area (Å²) in [5.41, 5.74) is 4.17. The Hall–Kier alpha value is -6.28. The first kappa shape index (κ1) is 35.5. The molecule has 0 saturated heterocycles. The van der Waals surface area contributed by atoms with E-state index in [4.69, 9.17) is 4.18 Å². The molecule has 52 heavy (non-hydrogen) atoms. The van der Waals surface area contributed by atoms with Crippen LogP contribution in [0.25, 0.3) is 5.65 Å². The van der Waals surface area contributed by atoms with Crippen LogP contribution in [0.2, 0.25) is 0 Å². The molecule has 266 valence electrons. The predicted molar refractivity (Wildman–Crippen MR) is 201 cm³/mol. The van der Waals surface area contributed by atoms with E-state index in [-0.39, 0.29) is 28.2 Å². The number of H-pyrrole nitrogens is 1. The minimum Gasteiger partial charge on any atom is -0.384 e. The van der Waals surface area contributed by atoms with Gasteiger partial charge < -0.3 is 20.1 Å². The Labute approximate surface area is 303 Å². The van der Waals surface area contributed by atoms with Gasteiger partial charge >= 0.3 is 11.3 Å². The van der Waals surface area contributed by atoms with Crippen molar-refractivity contribution < 1.29 is 22.8 Å². The first-order valence-electron chi connectivity index (χ1n) is 16.5. The molecule has 13 nitrogen and oxygen atoms in total. The summed E-state index contributed by atoms with van der Waals surface area (Å²) in [5.74, 6) is -0.928. The predicted octanol–water partition coefficient (Wildman–Crippen LogP) is 6.73. The summed E-state index contributed by atoms with van der Waals surface area (Å²) in [4.78, 5) is 39.9. The average Bonchev–Trinajstić information content (AvgIpc) is 3.72. The number of nitrogens with zero attached hydrogens (tertiary/aromatic N) is 3. The highest BCUT2D eigenvalue weighted by Gasteiger charge is 2.24. The fourth-order valence-corrected chi connectivity index (χ4v) is 5.96. The highest BCUT2D eigenvalue weighted by molar-refractivity contribution is 7.82. The molecule has 6 rings (SSSR count). The number of aryl methyl sites for hydroxylation is 1. The molecule has 0 spiro atoms. The quantitative estimate of drug-likeness (QED) is 0.0989. The maximum Gasteiger partial charge on any atom is 0.316 e. The fourth-order valence-electron chi connectivity index (χ4n) is 5.30. The van der Waals surface area contributed by atoms with E-state index < -0.39 is 29.1 Å². The molecule has 2 aromatic heterocycles. The summed E-state index contributed by atoms with van der Waals surface area (Å²) >= 11 is -2.26. The number of nitrogens with one attached hydrogen (secondary N) is 5. The summed E-state index contributed by atoms with van der Waals surface area (Å²) in [6.07, 6.45) is 0. The number of hydrogen-bond acceptors (Lipinski definition) is 7. The summed E-state index contributed by atoms with van der Waals surface area (Å²) in [7, 11) is 0. The molecular formula is C38H38N8O5S. The average molecular weight is 719 g/mol. The molecular weight excluding hydrogens is 681 g/mol. The third kappa shape index (κ3) is 8.19. The molecule has 3 amide bonds. The Bertz CT molecular complexity index is 2280. The van der Waals surface area contributed by atoms with Gasteiger partial charge in [-0.25, -0.2) is 4.52 Å². The molecule has 0 aliphatic heterocycles. The van der Waals surface area contributed by atoms with Crippen molar-refractivity contribution in [3.05, 3.63) is 137 Å². The van der Waals surface area contributed by atoms with Crippen molar-refractivity contribution in [2.45, 2.75) is 46.1 Å². The second kappa shape index (κ2) is 14.9. The minimum atomic E-state index is -2.26. The Kier molecular flexibility index (Phi) is 10.2.